The van der Waals surface area contributed by atoms with E-state index in [0.29, 0.717) is 6.04 Å². The van der Waals surface area contributed by atoms with E-state index in [0.717, 1.165) is 30.2 Å². The Hall–Kier alpha value is -1.39. The van der Waals surface area contributed by atoms with Crippen LogP contribution in [0.15, 0.2) is 24.3 Å². The molecule has 2 unspecified atom stereocenters. The second-order valence-electron chi connectivity index (χ2n) is 6.05. The summed E-state index contributed by atoms with van der Waals surface area (Å²) in [7, 11) is 0. The molecule has 1 aliphatic rings. The summed E-state index contributed by atoms with van der Waals surface area (Å²) in [6.45, 7) is 5.53. The molecule has 1 fully saturated rings. The minimum Gasteiger partial charge on any atom is -0.396 e. The number of hydrogen-bond donors (Lipinski definition) is 2. The highest BCUT2D eigenvalue weighted by Gasteiger charge is 2.32. The van der Waals surface area contributed by atoms with Crippen LogP contribution in [0.25, 0.3) is 11.0 Å². The van der Waals surface area contributed by atoms with Crippen LogP contribution in [0.3, 0.4) is 0 Å². The van der Waals surface area contributed by atoms with E-state index in [1.807, 2.05) is 6.07 Å². The number of aryl methyl sites for hydroxylation is 1. The number of imidazole rings is 1. The van der Waals surface area contributed by atoms with Crippen LogP contribution in [0.2, 0.25) is 0 Å². The van der Waals surface area contributed by atoms with Gasteiger partial charge in [0, 0.05) is 19.2 Å². The monoisotopic (exact) mass is 287 g/mol. The number of aliphatic hydroxyl groups excluding tert-OH is 1. The number of benzene rings is 1. The second-order valence-corrected chi connectivity index (χ2v) is 6.05. The Balaban J connectivity index is 1.84. The molecule has 0 amide bonds. The molecule has 1 aromatic heterocycles. The fourth-order valence-corrected chi connectivity index (χ4v) is 3.25. The lowest BCUT2D eigenvalue weighted by Crippen LogP contribution is -2.35. The minimum atomic E-state index is 0.203. The van der Waals surface area contributed by atoms with Crippen molar-refractivity contribution in [1.82, 2.24) is 14.9 Å². The molecule has 2 N–H and O–H groups in total. The van der Waals surface area contributed by atoms with E-state index in [2.05, 4.69) is 41.9 Å². The van der Waals surface area contributed by atoms with Crippen LogP contribution in [0.4, 0.5) is 0 Å². The number of fused-ring (bicyclic) bond motifs is 1. The van der Waals surface area contributed by atoms with Crippen LogP contribution in [0.5, 0.6) is 0 Å². The fourth-order valence-electron chi connectivity index (χ4n) is 3.25. The Morgan fingerprint density at radius 1 is 1.38 bits per heavy atom. The summed E-state index contributed by atoms with van der Waals surface area (Å²) in [5, 5.41) is 12.9. The first-order valence-electron chi connectivity index (χ1n) is 8.06. The first kappa shape index (κ1) is 14.5. The van der Waals surface area contributed by atoms with Gasteiger partial charge in [-0.25, -0.2) is 4.98 Å². The first-order valence-corrected chi connectivity index (χ1v) is 8.06. The second kappa shape index (κ2) is 6.16. The maximum Gasteiger partial charge on any atom is 0.126 e. The van der Waals surface area contributed by atoms with Crippen molar-refractivity contribution in [3.63, 3.8) is 0 Å². The zero-order valence-electron chi connectivity index (χ0n) is 12.9. The molecule has 2 atom stereocenters. The van der Waals surface area contributed by atoms with E-state index < -0.39 is 0 Å². The smallest absolute Gasteiger partial charge is 0.126 e. The first-order chi connectivity index (χ1) is 10.2. The summed E-state index contributed by atoms with van der Waals surface area (Å²) in [6.07, 6.45) is 3.41. The number of aliphatic hydroxyl groups is 1. The van der Waals surface area contributed by atoms with Crippen LogP contribution in [0, 0.1) is 5.92 Å². The van der Waals surface area contributed by atoms with Crippen molar-refractivity contribution in [2.75, 3.05) is 6.61 Å². The summed E-state index contributed by atoms with van der Waals surface area (Å²) in [4.78, 5) is 4.81. The van der Waals surface area contributed by atoms with E-state index in [9.17, 15) is 5.11 Å². The molecular weight excluding hydrogens is 262 g/mol. The van der Waals surface area contributed by atoms with Gasteiger partial charge in [-0.05, 0) is 51.2 Å². The maximum atomic E-state index is 9.25. The minimum absolute atomic E-state index is 0.203. The van der Waals surface area contributed by atoms with Crippen molar-refractivity contribution in [3.05, 3.63) is 30.1 Å². The molecule has 4 nitrogen and oxygen atoms in total. The third-order valence-corrected chi connectivity index (χ3v) is 4.48. The van der Waals surface area contributed by atoms with Gasteiger partial charge in [-0.3, -0.25) is 0 Å². The van der Waals surface area contributed by atoms with Gasteiger partial charge in [-0.2, -0.15) is 0 Å². The average molecular weight is 287 g/mol. The van der Waals surface area contributed by atoms with Gasteiger partial charge in [0.15, 0.2) is 0 Å². The molecule has 0 spiro atoms. The van der Waals surface area contributed by atoms with Crippen molar-refractivity contribution in [2.45, 2.75) is 51.7 Å². The lowest BCUT2D eigenvalue weighted by atomic mass is 10.1. The molecular formula is C17H25N3O. The van der Waals surface area contributed by atoms with Gasteiger partial charge in [0.1, 0.15) is 5.82 Å². The largest absolute Gasteiger partial charge is 0.396 e. The number of para-hydroxylation sites is 2. The Kier molecular flexibility index (Phi) is 4.27. The van der Waals surface area contributed by atoms with Crippen LogP contribution in [-0.2, 0) is 6.54 Å². The van der Waals surface area contributed by atoms with Crippen LogP contribution < -0.4 is 5.32 Å². The van der Waals surface area contributed by atoms with Crippen LogP contribution in [0.1, 0.15) is 45.0 Å². The summed E-state index contributed by atoms with van der Waals surface area (Å²) < 4.78 is 2.29. The van der Waals surface area contributed by atoms with Crippen molar-refractivity contribution in [2.24, 2.45) is 5.92 Å². The Morgan fingerprint density at radius 2 is 2.14 bits per heavy atom. The SMILES string of the molecule is CCn1c(C(C)NC(CCO)C2CC2)nc2ccccc21. The number of nitrogens with zero attached hydrogens (tertiary/aromatic N) is 2. The van der Waals surface area contributed by atoms with Gasteiger partial charge in [-0.15, -0.1) is 0 Å². The standard InChI is InChI=1S/C17H25N3O/c1-3-20-16-7-5-4-6-15(16)19-17(20)12(2)18-14(10-11-21)13-8-9-13/h4-7,12-14,18,21H,3,8-11H2,1-2H3. The third-order valence-electron chi connectivity index (χ3n) is 4.48. The lowest BCUT2D eigenvalue weighted by molar-refractivity contribution is 0.248. The molecule has 1 heterocycles. The number of nitrogens with one attached hydrogen (secondary N) is 1. The zero-order chi connectivity index (χ0) is 14.8. The van der Waals surface area contributed by atoms with Crippen molar-refractivity contribution in [3.8, 4) is 0 Å². The Bertz CT molecular complexity index is 603. The Morgan fingerprint density at radius 3 is 2.81 bits per heavy atom. The fraction of sp³-hybridized carbons (Fsp3) is 0.588. The molecule has 3 rings (SSSR count). The summed E-state index contributed by atoms with van der Waals surface area (Å²) in [6, 6.07) is 8.93. The molecule has 1 aliphatic carbocycles. The molecule has 21 heavy (non-hydrogen) atoms. The molecule has 1 saturated carbocycles. The van der Waals surface area contributed by atoms with Gasteiger partial charge in [0.25, 0.3) is 0 Å². The number of rotatable bonds is 7. The highest BCUT2D eigenvalue weighted by atomic mass is 16.3. The molecule has 2 aromatic rings. The van der Waals surface area contributed by atoms with E-state index in [1.165, 1.54) is 18.4 Å². The summed E-state index contributed by atoms with van der Waals surface area (Å²) >= 11 is 0. The van der Waals surface area contributed by atoms with Gasteiger partial charge < -0.3 is 15.0 Å². The Labute approximate surface area is 126 Å². The van der Waals surface area contributed by atoms with E-state index in [-0.39, 0.29) is 12.6 Å². The van der Waals surface area contributed by atoms with Crippen molar-refractivity contribution >= 4 is 11.0 Å². The maximum absolute atomic E-state index is 9.25. The number of aromatic nitrogens is 2. The molecule has 0 saturated heterocycles. The summed E-state index contributed by atoms with van der Waals surface area (Å²) in [5.74, 6) is 1.83. The topological polar surface area (TPSA) is 50.1 Å². The third kappa shape index (κ3) is 2.97. The molecule has 0 radical (unpaired) electrons. The zero-order valence-corrected chi connectivity index (χ0v) is 12.9. The average Bonchev–Trinajstić information content (AvgIpc) is 3.26. The van der Waals surface area contributed by atoms with Gasteiger partial charge in [0.2, 0.25) is 0 Å². The predicted molar refractivity (Wildman–Crippen MR) is 85.2 cm³/mol. The highest BCUT2D eigenvalue weighted by molar-refractivity contribution is 5.76. The van der Waals surface area contributed by atoms with Crippen LogP contribution in [-0.4, -0.2) is 27.3 Å². The molecule has 4 heteroatoms. The van der Waals surface area contributed by atoms with Gasteiger partial charge in [0.05, 0.1) is 17.1 Å². The highest BCUT2D eigenvalue weighted by Crippen LogP contribution is 2.35. The molecule has 0 bridgehead atoms. The van der Waals surface area contributed by atoms with Gasteiger partial charge in [-0.1, -0.05) is 12.1 Å². The normalized spacial score (nSPS) is 18.0. The van der Waals surface area contributed by atoms with E-state index >= 15 is 0 Å². The molecule has 1 aromatic carbocycles. The van der Waals surface area contributed by atoms with Crippen molar-refractivity contribution in [1.29, 1.82) is 0 Å². The quantitative estimate of drug-likeness (QED) is 0.823. The van der Waals surface area contributed by atoms with E-state index in [1.54, 1.807) is 0 Å². The number of hydrogen-bond acceptors (Lipinski definition) is 3. The molecule has 0 aliphatic heterocycles. The lowest BCUT2D eigenvalue weighted by Gasteiger charge is -2.23. The van der Waals surface area contributed by atoms with Crippen molar-refractivity contribution < 1.29 is 5.11 Å². The molecule has 114 valence electrons. The van der Waals surface area contributed by atoms with E-state index in [4.69, 9.17) is 4.98 Å². The van der Waals surface area contributed by atoms with Crippen LogP contribution >= 0.6 is 0 Å². The van der Waals surface area contributed by atoms with Gasteiger partial charge >= 0.3 is 0 Å². The predicted octanol–water partition coefficient (Wildman–Crippen LogP) is 2.87. The summed E-state index contributed by atoms with van der Waals surface area (Å²) in [5.41, 5.74) is 2.27.